The molecular weight excluding hydrogens is 319 g/mol. The predicted octanol–water partition coefficient (Wildman–Crippen LogP) is 0.853. The Labute approximate surface area is 148 Å². The summed E-state index contributed by atoms with van der Waals surface area (Å²) in [5.74, 6) is 1.42. The molecule has 88 valence electrons. The van der Waals surface area contributed by atoms with Crippen LogP contribution in [0.15, 0.2) is 36.5 Å². The van der Waals surface area contributed by atoms with Gasteiger partial charge in [0.05, 0.1) is 0 Å². The van der Waals surface area contributed by atoms with Gasteiger partial charge in [-0.15, -0.1) is 12.8 Å². The average Bonchev–Trinajstić information content (AvgIpc) is 2.83. The van der Waals surface area contributed by atoms with Gasteiger partial charge in [-0.1, -0.05) is 0 Å². The fourth-order valence-corrected chi connectivity index (χ4v) is 0.680. The van der Waals surface area contributed by atoms with E-state index < -0.39 is 0 Å². The average molecular weight is 338 g/mol. The van der Waals surface area contributed by atoms with Gasteiger partial charge in [0.2, 0.25) is 0 Å². The molecule has 0 N–H and O–H groups in total. The van der Waals surface area contributed by atoms with Crippen molar-refractivity contribution in [2.75, 3.05) is 0 Å². The molecule has 0 amide bonds. The van der Waals surface area contributed by atoms with E-state index in [0.29, 0.717) is 0 Å². The van der Waals surface area contributed by atoms with Gasteiger partial charge in [-0.2, -0.15) is 32.9 Å². The Hall–Kier alpha value is 0.899. The van der Waals surface area contributed by atoms with Crippen molar-refractivity contribution in [1.82, 2.24) is 0 Å². The van der Waals surface area contributed by atoms with E-state index in [1.807, 2.05) is 24.3 Å². The Kier molecular flexibility index (Phi) is 34.4. The summed E-state index contributed by atoms with van der Waals surface area (Å²) in [6, 6.07) is 0. The Morgan fingerprint density at radius 1 is 0.882 bits per heavy atom. The van der Waals surface area contributed by atoms with Gasteiger partial charge >= 0.3 is 49.3 Å². The van der Waals surface area contributed by atoms with Crippen molar-refractivity contribution in [2.24, 2.45) is 0 Å². The van der Waals surface area contributed by atoms with Crippen molar-refractivity contribution in [2.45, 2.75) is 33.6 Å². The molecule has 0 nitrogen and oxygen atoms in total. The summed E-state index contributed by atoms with van der Waals surface area (Å²) in [7, 11) is 0. The van der Waals surface area contributed by atoms with E-state index in [9.17, 15) is 0 Å². The summed E-state index contributed by atoms with van der Waals surface area (Å²) >= 11 is 0. The fourth-order valence-electron chi connectivity index (χ4n) is 0.680. The normalized spacial score (nSPS) is 12.5. The molecule has 0 aliphatic heterocycles. The van der Waals surface area contributed by atoms with E-state index in [1.165, 1.54) is 5.92 Å². The summed E-state index contributed by atoms with van der Waals surface area (Å²) in [6.45, 7) is 6.25. The number of rotatable bonds is 0. The van der Waals surface area contributed by atoms with Crippen molar-refractivity contribution in [3.8, 4) is 0 Å². The molecule has 0 aromatic heterocycles. The van der Waals surface area contributed by atoms with Gasteiger partial charge in [0, 0.05) is 0 Å². The van der Waals surface area contributed by atoms with Crippen molar-refractivity contribution in [3.63, 3.8) is 0 Å². The molecule has 2 rings (SSSR count). The molecule has 17 heavy (non-hydrogen) atoms. The predicted molar refractivity (Wildman–Crippen MR) is 69.2 cm³/mol. The standard InChI is InChI=1S/2C5H5.C4H9.ClH.Mg.Zr/c2*1-2-4-5-3-1;1-4(2)3;;;/h2*1-3H,4H2;1-3H3;1H;;/q3*-1;;2*+2/p-1. The molecule has 0 fully saturated rings. The number of allylic oxidation sites excluding steroid dienone is 8. The quantitative estimate of drug-likeness (QED) is 0.454. The maximum Gasteiger partial charge on any atom is 2.00 e. The molecule has 2 aliphatic carbocycles. The van der Waals surface area contributed by atoms with Gasteiger partial charge in [0.15, 0.2) is 0 Å². The summed E-state index contributed by atoms with van der Waals surface area (Å²) in [5, 5.41) is 0. The zero-order valence-corrected chi connectivity index (χ0v) is 15.6. The van der Waals surface area contributed by atoms with E-state index >= 15 is 0 Å². The third kappa shape index (κ3) is 31.6. The maximum atomic E-state index is 2.99. The topological polar surface area (TPSA) is 0 Å². The van der Waals surface area contributed by atoms with Crippen LogP contribution >= 0.6 is 0 Å². The van der Waals surface area contributed by atoms with Crippen LogP contribution in [0.3, 0.4) is 0 Å². The van der Waals surface area contributed by atoms with Crippen molar-refractivity contribution >= 4 is 23.1 Å². The van der Waals surface area contributed by atoms with Gasteiger partial charge in [0.25, 0.3) is 0 Å². The van der Waals surface area contributed by atoms with E-state index in [0.717, 1.165) is 12.8 Å². The Morgan fingerprint density at radius 3 is 1.24 bits per heavy atom. The molecule has 0 saturated heterocycles. The molecule has 0 heterocycles. The van der Waals surface area contributed by atoms with Gasteiger partial charge < -0.3 is 18.3 Å². The monoisotopic (exact) mass is 336 g/mol. The van der Waals surface area contributed by atoms with E-state index in [4.69, 9.17) is 0 Å². The number of halogens is 1. The number of hydrogen-bond donors (Lipinski definition) is 0. The van der Waals surface area contributed by atoms with Crippen molar-refractivity contribution in [1.29, 1.82) is 0 Å². The molecule has 0 radical (unpaired) electrons. The van der Waals surface area contributed by atoms with Crippen molar-refractivity contribution in [3.05, 3.63) is 54.5 Å². The SMILES string of the molecule is C[C-](C)C.[C-]1=CC=CC1.[C-]1=CC=CC1.[Cl-].[Mg+2].[Zr+2]. The first kappa shape index (κ1) is 26.5. The third-order valence-corrected chi connectivity index (χ3v) is 1.17. The van der Waals surface area contributed by atoms with Crippen LogP contribution in [0, 0.1) is 18.1 Å². The minimum atomic E-state index is 0. The first-order chi connectivity index (χ1) is 6.73. The van der Waals surface area contributed by atoms with Crippen LogP contribution in [0.5, 0.6) is 0 Å². The third-order valence-electron chi connectivity index (χ3n) is 1.17. The molecule has 3 heteroatoms. The van der Waals surface area contributed by atoms with Gasteiger partial charge in [-0.05, 0) is 0 Å². The minimum absolute atomic E-state index is 0. The van der Waals surface area contributed by atoms with Crippen LogP contribution in [0.4, 0.5) is 0 Å². The second kappa shape index (κ2) is 22.1. The zero-order chi connectivity index (χ0) is 10.6. The first-order valence-corrected chi connectivity index (χ1v) is 4.93. The summed E-state index contributed by atoms with van der Waals surface area (Å²) in [6.07, 6.45) is 20.0. The van der Waals surface area contributed by atoms with Crippen molar-refractivity contribution < 1.29 is 38.6 Å². The molecule has 2 aliphatic rings. The molecule has 0 aromatic carbocycles. The van der Waals surface area contributed by atoms with E-state index in [-0.39, 0.29) is 61.7 Å². The molecule has 0 saturated carbocycles. The Bertz CT molecular complexity index is 186. The minimum Gasteiger partial charge on any atom is -1.00 e. The smallest absolute Gasteiger partial charge is 1.00 e. The Balaban J connectivity index is -0.0000000692. The second-order valence-electron chi connectivity index (χ2n) is 3.51. The van der Waals surface area contributed by atoms with Crippen LogP contribution < -0.4 is 12.4 Å². The number of hydrogen-bond acceptors (Lipinski definition) is 0. The summed E-state index contributed by atoms with van der Waals surface area (Å²) in [5.41, 5.74) is 0. The fraction of sp³-hybridized carbons (Fsp3) is 0.357. The Morgan fingerprint density at radius 2 is 1.18 bits per heavy atom. The summed E-state index contributed by atoms with van der Waals surface area (Å²) < 4.78 is 0. The molecule has 0 bridgehead atoms. The van der Waals surface area contributed by atoms with Gasteiger partial charge in [0.1, 0.15) is 0 Å². The van der Waals surface area contributed by atoms with Crippen LogP contribution in [0.25, 0.3) is 0 Å². The molecule has 0 unspecified atom stereocenters. The molecule has 0 spiro atoms. The van der Waals surface area contributed by atoms with Gasteiger partial charge in [-0.25, -0.2) is 24.3 Å². The van der Waals surface area contributed by atoms with Crippen LogP contribution in [0.2, 0.25) is 0 Å². The second-order valence-corrected chi connectivity index (χ2v) is 3.51. The van der Waals surface area contributed by atoms with Crippen LogP contribution in [-0.2, 0) is 26.2 Å². The molecule has 0 aromatic rings. The van der Waals surface area contributed by atoms with Gasteiger partial charge in [-0.3, -0.25) is 12.2 Å². The molecule has 0 atom stereocenters. The van der Waals surface area contributed by atoms with Crippen LogP contribution in [-0.4, -0.2) is 23.1 Å². The largest absolute Gasteiger partial charge is 2.00 e. The summed E-state index contributed by atoms with van der Waals surface area (Å²) in [4.78, 5) is 0. The van der Waals surface area contributed by atoms with Crippen LogP contribution in [0.1, 0.15) is 33.6 Å². The zero-order valence-electron chi connectivity index (χ0n) is 11.0. The van der Waals surface area contributed by atoms with E-state index in [1.54, 1.807) is 0 Å². The molecular formula is C14H19ClMgZr. The first-order valence-electron chi connectivity index (χ1n) is 4.93. The maximum absolute atomic E-state index is 2.99. The van der Waals surface area contributed by atoms with E-state index in [2.05, 4.69) is 45.1 Å².